The molecule has 17 heavy (non-hydrogen) atoms. The van der Waals surface area contributed by atoms with Crippen molar-refractivity contribution in [1.82, 2.24) is 10.3 Å². The van der Waals surface area contributed by atoms with Gasteiger partial charge in [-0.3, -0.25) is 4.98 Å². The summed E-state index contributed by atoms with van der Waals surface area (Å²) in [4.78, 5) is 4.40. The molecule has 1 fully saturated rings. The highest BCUT2D eigenvalue weighted by Crippen LogP contribution is 2.36. The number of hydrogen-bond donors (Lipinski definition) is 1. The molecule has 1 N–H and O–H groups in total. The SMILES string of the molecule is COc1cc(C2=C[C@@H]3CCN[C@@H]3C2)cnc1C. The summed E-state index contributed by atoms with van der Waals surface area (Å²) in [6.07, 6.45) is 6.77. The summed E-state index contributed by atoms with van der Waals surface area (Å²) in [5.74, 6) is 1.60. The van der Waals surface area contributed by atoms with Crippen LogP contribution < -0.4 is 10.1 Å². The topological polar surface area (TPSA) is 34.1 Å². The van der Waals surface area contributed by atoms with Crippen LogP contribution in [0.3, 0.4) is 0 Å². The molecule has 2 heterocycles. The molecule has 1 aliphatic heterocycles. The highest BCUT2D eigenvalue weighted by atomic mass is 16.5. The zero-order valence-corrected chi connectivity index (χ0v) is 10.4. The first-order valence-electron chi connectivity index (χ1n) is 6.23. The number of nitrogens with one attached hydrogen (secondary N) is 1. The molecule has 0 radical (unpaired) electrons. The molecule has 2 aliphatic rings. The lowest BCUT2D eigenvalue weighted by Crippen LogP contribution is -2.22. The number of methoxy groups -OCH3 is 1. The Morgan fingerprint density at radius 2 is 2.35 bits per heavy atom. The van der Waals surface area contributed by atoms with Crippen LogP contribution in [-0.2, 0) is 0 Å². The minimum atomic E-state index is 0.650. The van der Waals surface area contributed by atoms with Gasteiger partial charge in [-0.2, -0.15) is 0 Å². The van der Waals surface area contributed by atoms with E-state index in [0.29, 0.717) is 6.04 Å². The van der Waals surface area contributed by atoms with Gasteiger partial charge in [0.25, 0.3) is 0 Å². The van der Waals surface area contributed by atoms with E-state index < -0.39 is 0 Å². The van der Waals surface area contributed by atoms with E-state index in [1.165, 1.54) is 17.6 Å². The van der Waals surface area contributed by atoms with E-state index in [0.717, 1.165) is 30.3 Å². The van der Waals surface area contributed by atoms with Crippen LogP contribution >= 0.6 is 0 Å². The molecular formula is C14H18N2O. The molecule has 0 aromatic carbocycles. The van der Waals surface area contributed by atoms with Crippen molar-refractivity contribution in [2.45, 2.75) is 25.8 Å². The summed E-state index contributed by atoms with van der Waals surface area (Å²) >= 11 is 0. The van der Waals surface area contributed by atoms with Crippen LogP contribution in [-0.4, -0.2) is 24.7 Å². The number of hydrogen-bond acceptors (Lipinski definition) is 3. The molecular weight excluding hydrogens is 212 g/mol. The second kappa shape index (κ2) is 4.15. The average molecular weight is 230 g/mol. The van der Waals surface area contributed by atoms with Gasteiger partial charge in [0.15, 0.2) is 0 Å². The molecule has 1 aliphatic carbocycles. The van der Waals surface area contributed by atoms with E-state index in [2.05, 4.69) is 22.4 Å². The first-order valence-corrected chi connectivity index (χ1v) is 6.23. The van der Waals surface area contributed by atoms with Crippen LogP contribution in [0.2, 0.25) is 0 Å². The first-order chi connectivity index (χ1) is 8.28. The van der Waals surface area contributed by atoms with E-state index in [9.17, 15) is 0 Å². The van der Waals surface area contributed by atoms with Gasteiger partial charge in [0.1, 0.15) is 5.75 Å². The Kier molecular flexibility index (Phi) is 2.63. The van der Waals surface area contributed by atoms with Crippen LogP contribution in [0.4, 0.5) is 0 Å². The standard InChI is InChI=1S/C14H18N2O/c1-9-14(17-2)7-12(8-16-9)11-5-10-3-4-15-13(10)6-11/h5,7-8,10,13,15H,3-4,6H2,1-2H3/t10-,13+/m0/s1. The van der Waals surface area contributed by atoms with Gasteiger partial charge in [-0.25, -0.2) is 0 Å². The zero-order chi connectivity index (χ0) is 11.8. The van der Waals surface area contributed by atoms with E-state index in [4.69, 9.17) is 4.74 Å². The highest BCUT2D eigenvalue weighted by molar-refractivity contribution is 5.69. The number of pyridine rings is 1. The Hall–Kier alpha value is -1.35. The molecule has 3 heteroatoms. The van der Waals surface area contributed by atoms with Crippen molar-refractivity contribution in [2.75, 3.05) is 13.7 Å². The molecule has 0 spiro atoms. The summed E-state index contributed by atoms with van der Waals surface area (Å²) in [7, 11) is 1.70. The van der Waals surface area contributed by atoms with Gasteiger partial charge >= 0.3 is 0 Å². The quantitative estimate of drug-likeness (QED) is 0.845. The summed E-state index contributed by atoms with van der Waals surface area (Å²) in [5, 5.41) is 3.55. The largest absolute Gasteiger partial charge is 0.495 e. The summed E-state index contributed by atoms with van der Waals surface area (Å²) in [6.45, 7) is 3.14. The predicted molar refractivity (Wildman–Crippen MR) is 68.0 cm³/mol. The summed E-state index contributed by atoms with van der Waals surface area (Å²) in [6, 6.07) is 2.76. The third-order valence-corrected chi connectivity index (χ3v) is 3.89. The fourth-order valence-corrected chi connectivity index (χ4v) is 2.88. The molecule has 0 bridgehead atoms. The number of aromatic nitrogens is 1. The van der Waals surface area contributed by atoms with Crippen molar-refractivity contribution >= 4 is 5.57 Å². The fourth-order valence-electron chi connectivity index (χ4n) is 2.88. The Bertz CT molecular complexity index is 467. The van der Waals surface area contributed by atoms with E-state index >= 15 is 0 Å². The number of rotatable bonds is 2. The average Bonchev–Trinajstić information content (AvgIpc) is 2.90. The molecule has 1 aromatic heterocycles. The minimum Gasteiger partial charge on any atom is -0.495 e. The Labute approximate surface area is 102 Å². The van der Waals surface area contributed by atoms with Crippen LogP contribution in [0.5, 0.6) is 5.75 Å². The molecule has 90 valence electrons. The van der Waals surface area contributed by atoms with Crippen molar-refractivity contribution in [1.29, 1.82) is 0 Å². The van der Waals surface area contributed by atoms with Crippen molar-refractivity contribution in [2.24, 2.45) is 5.92 Å². The normalized spacial score (nSPS) is 26.8. The maximum Gasteiger partial charge on any atom is 0.140 e. The molecule has 0 unspecified atom stereocenters. The second-order valence-electron chi connectivity index (χ2n) is 4.92. The number of nitrogens with zero attached hydrogens (tertiary/aromatic N) is 1. The third-order valence-electron chi connectivity index (χ3n) is 3.89. The molecule has 0 amide bonds. The number of aryl methyl sites for hydroxylation is 1. The van der Waals surface area contributed by atoms with Crippen LogP contribution in [0.15, 0.2) is 18.3 Å². The van der Waals surface area contributed by atoms with Crippen LogP contribution in [0.1, 0.15) is 24.1 Å². The highest BCUT2D eigenvalue weighted by Gasteiger charge is 2.31. The van der Waals surface area contributed by atoms with Crippen LogP contribution in [0, 0.1) is 12.8 Å². The Morgan fingerprint density at radius 1 is 1.47 bits per heavy atom. The van der Waals surface area contributed by atoms with Crippen molar-refractivity contribution in [3.05, 3.63) is 29.6 Å². The molecule has 2 atom stereocenters. The van der Waals surface area contributed by atoms with Gasteiger partial charge in [0.2, 0.25) is 0 Å². The lowest BCUT2D eigenvalue weighted by Gasteiger charge is -2.10. The molecule has 0 saturated carbocycles. The molecule has 3 rings (SSSR count). The van der Waals surface area contributed by atoms with E-state index in [1.807, 2.05) is 13.1 Å². The molecule has 3 nitrogen and oxygen atoms in total. The molecule has 1 aromatic rings. The monoisotopic (exact) mass is 230 g/mol. The number of ether oxygens (including phenoxy) is 1. The lowest BCUT2D eigenvalue weighted by atomic mass is 10.1. The van der Waals surface area contributed by atoms with E-state index in [-0.39, 0.29) is 0 Å². The van der Waals surface area contributed by atoms with Crippen molar-refractivity contribution < 1.29 is 4.74 Å². The minimum absolute atomic E-state index is 0.650. The van der Waals surface area contributed by atoms with Gasteiger partial charge in [0.05, 0.1) is 12.8 Å². The fraction of sp³-hybridized carbons (Fsp3) is 0.500. The van der Waals surface area contributed by atoms with Crippen LogP contribution in [0.25, 0.3) is 5.57 Å². The molecule has 1 saturated heterocycles. The number of fused-ring (bicyclic) bond motifs is 1. The van der Waals surface area contributed by atoms with E-state index in [1.54, 1.807) is 7.11 Å². The van der Waals surface area contributed by atoms with Gasteiger partial charge in [-0.15, -0.1) is 0 Å². The smallest absolute Gasteiger partial charge is 0.140 e. The van der Waals surface area contributed by atoms with Gasteiger partial charge in [-0.05, 0) is 49.4 Å². The van der Waals surface area contributed by atoms with Crippen molar-refractivity contribution in [3.8, 4) is 5.75 Å². The zero-order valence-electron chi connectivity index (χ0n) is 10.4. The van der Waals surface area contributed by atoms with Crippen molar-refractivity contribution in [3.63, 3.8) is 0 Å². The van der Waals surface area contributed by atoms with Gasteiger partial charge in [0, 0.05) is 12.2 Å². The maximum atomic E-state index is 5.33. The lowest BCUT2D eigenvalue weighted by molar-refractivity contribution is 0.409. The predicted octanol–water partition coefficient (Wildman–Crippen LogP) is 2.16. The second-order valence-corrected chi connectivity index (χ2v) is 4.92. The summed E-state index contributed by atoms with van der Waals surface area (Å²) < 4.78 is 5.33. The maximum absolute atomic E-state index is 5.33. The van der Waals surface area contributed by atoms with Gasteiger partial charge < -0.3 is 10.1 Å². The first kappa shape index (κ1) is 10.8. The Morgan fingerprint density at radius 3 is 3.12 bits per heavy atom. The Balaban J connectivity index is 1.90. The summed E-state index contributed by atoms with van der Waals surface area (Å²) in [5.41, 5.74) is 3.58. The third kappa shape index (κ3) is 1.84. The van der Waals surface area contributed by atoms with Gasteiger partial charge in [-0.1, -0.05) is 6.08 Å².